The van der Waals surface area contributed by atoms with E-state index in [0.717, 1.165) is 28.3 Å². The Morgan fingerprint density at radius 2 is 1.65 bits per heavy atom. The van der Waals surface area contributed by atoms with E-state index in [0.29, 0.717) is 0 Å². The summed E-state index contributed by atoms with van der Waals surface area (Å²) >= 11 is 0. The van der Waals surface area contributed by atoms with Crippen molar-refractivity contribution in [1.82, 2.24) is 20.0 Å². The summed E-state index contributed by atoms with van der Waals surface area (Å²) in [5.41, 5.74) is 3.86. The van der Waals surface area contributed by atoms with E-state index < -0.39 is 0 Å². The van der Waals surface area contributed by atoms with Crippen LogP contribution in [0.5, 0.6) is 5.75 Å². The lowest BCUT2D eigenvalue weighted by Crippen LogP contribution is -1.94. The molecule has 0 radical (unpaired) electrons. The fourth-order valence-electron chi connectivity index (χ4n) is 2.13. The highest BCUT2D eigenvalue weighted by Gasteiger charge is 2.14. The van der Waals surface area contributed by atoms with Gasteiger partial charge in [-0.1, -0.05) is 5.21 Å². The smallest absolute Gasteiger partial charge is 0.121 e. The molecule has 0 amide bonds. The molecule has 2 heterocycles. The third kappa shape index (κ3) is 2.14. The predicted molar refractivity (Wildman–Crippen MR) is 76.2 cm³/mol. The van der Waals surface area contributed by atoms with Crippen LogP contribution in [-0.2, 0) is 7.05 Å². The monoisotopic (exact) mass is 266 g/mol. The van der Waals surface area contributed by atoms with E-state index in [1.807, 2.05) is 43.4 Å². The van der Waals surface area contributed by atoms with Crippen LogP contribution < -0.4 is 4.74 Å². The fraction of sp³-hybridized carbons (Fsp3) is 0.133. The van der Waals surface area contributed by atoms with Gasteiger partial charge in [-0.25, -0.2) is 4.68 Å². The third-order valence-corrected chi connectivity index (χ3v) is 3.14. The molecule has 2 aromatic heterocycles. The Morgan fingerprint density at radius 1 is 0.950 bits per heavy atom. The maximum Gasteiger partial charge on any atom is 0.121 e. The minimum atomic E-state index is 0.822. The predicted octanol–water partition coefficient (Wildman–Crippen LogP) is 2.55. The Labute approximate surface area is 116 Å². The van der Waals surface area contributed by atoms with Gasteiger partial charge in [0, 0.05) is 30.6 Å². The quantitative estimate of drug-likeness (QED) is 0.731. The number of rotatable bonds is 3. The van der Waals surface area contributed by atoms with E-state index in [2.05, 4.69) is 15.3 Å². The van der Waals surface area contributed by atoms with Gasteiger partial charge in [0.1, 0.15) is 11.4 Å². The lowest BCUT2D eigenvalue weighted by molar-refractivity contribution is 0.415. The zero-order valence-corrected chi connectivity index (χ0v) is 11.3. The summed E-state index contributed by atoms with van der Waals surface area (Å²) in [5, 5.41) is 8.40. The Balaban J connectivity index is 2.11. The summed E-state index contributed by atoms with van der Waals surface area (Å²) in [6, 6.07) is 11.7. The van der Waals surface area contributed by atoms with E-state index in [1.54, 1.807) is 24.2 Å². The molecule has 0 saturated heterocycles. The van der Waals surface area contributed by atoms with Gasteiger partial charge in [0.15, 0.2) is 0 Å². The number of nitrogens with zero attached hydrogens (tertiary/aromatic N) is 4. The summed E-state index contributed by atoms with van der Waals surface area (Å²) < 4.78 is 6.95. The van der Waals surface area contributed by atoms with Crippen LogP contribution in [0.2, 0.25) is 0 Å². The van der Waals surface area contributed by atoms with Crippen molar-refractivity contribution in [3.63, 3.8) is 0 Å². The largest absolute Gasteiger partial charge is 0.497 e. The second-order valence-electron chi connectivity index (χ2n) is 4.37. The third-order valence-electron chi connectivity index (χ3n) is 3.14. The number of aryl methyl sites for hydroxylation is 1. The lowest BCUT2D eigenvalue weighted by Gasteiger charge is -2.05. The SMILES string of the molecule is COc1ccc(-c2nnn(C)c2-c2ccncc2)cc1. The first-order valence-electron chi connectivity index (χ1n) is 6.24. The number of pyridine rings is 1. The number of hydrogen-bond donors (Lipinski definition) is 0. The number of aromatic nitrogens is 4. The highest BCUT2D eigenvalue weighted by atomic mass is 16.5. The topological polar surface area (TPSA) is 52.8 Å². The van der Waals surface area contributed by atoms with Crippen LogP contribution >= 0.6 is 0 Å². The first kappa shape index (κ1) is 12.3. The normalized spacial score (nSPS) is 10.5. The molecule has 0 unspecified atom stereocenters. The van der Waals surface area contributed by atoms with E-state index >= 15 is 0 Å². The van der Waals surface area contributed by atoms with Gasteiger partial charge < -0.3 is 4.74 Å². The van der Waals surface area contributed by atoms with Crippen molar-refractivity contribution in [3.8, 4) is 28.3 Å². The van der Waals surface area contributed by atoms with Gasteiger partial charge in [-0.2, -0.15) is 0 Å². The van der Waals surface area contributed by atoms with Crippen molar-refractivity contribution in [2.75, 3.05) is 7.11 Å². The molecule has 100 valence electrons. The van der Waals surface area contributed by atoms with Gasteiger partial charge in [0.05, 0.1) is 12.8 Å². The maximum atomic E-state index is 5.18. The van der Waals surface area contributed by atoms with Gasteiger partial charge in [-0.3, -0.25) is 4.98 Å². The number of methoxy groups -OCH3 is 1. The molecule has 0 atom stereocenters. The molecule has 5 nitrogen and oxygen atoms in total. The van der Waals surface area contributed by atoms with Gasteiger partial charge in [0.25, 0.3) is 0 Å². The van der Waals surface area contributed by atoms with Crippen LogP contribution in [0.25, 0.3) is 22.5 Å². The molecule has 0 spiro atoms. The number of benzene rings is 1. The van der Waals surface area contributed by atoms with Crippen LogP contribution in [-0.4, -0.2) is 27.1 Å². The van der Waals surface area contributed by atoms with Crippen LogP contribution in [0.3, 0.4) is 0 Å². The zero-order valence-electron chi connectivity index (χ0n) is 11.3. The lowest BCUT2D eigenvalue weighted by atomic mass is 10.1. The van der Waals surface area contributed by atoms with Gasteiger partial charge in [-0.15, -0.1) is 5.10 Å². The fourth-order valence-corrected chi connectivity index (χ4v) is 2.13. The van der Waals surface area contributed by atoms with E-state index in [4.69, 9.17) is 4.74 Å². The first-order chi connectivity index (χ1) is 9.79. The van der Waals surface area contributed by atoms with Crippen molar-refractivity contribution < 1.29 is 4.74 Å². The van der Waals surface area contributed by atoms with Crippen molar-refractivity contribution in [2.45, 2.75) is 0 Å². The van der Waals surface area contributed by atoms with Gasteiger partial charge >= 0.3 is 0 Å². The standard InChI is InChI=1S/C15H14N4O/c1-19-15(12-7-9-16-10-8-12)14(17-18-19)11-3-5-13(20-2)6-4-11/h3-10H,1-2H3. The first-order valence-corrected chi connectivity index (χ1v) is 6.24. The van der Waals surface area contributed by atoms with Crippen molar-refractivity contribution in [3.05, 3.63) is 48.8 Å². The molecule has 3 aromatic rings. The van der Waals surface area contributed by atoms with Crippen LogP contribution in [0, 0.1) is 0 Å². The van der Waals surface area contributed by atoms with Crippen molar-refractivity contribution >= 4 is 0 Å². The Hall–Kier alpha value is -2.69. The Bertz CT molecular complexity index is 704. The molecular weight excluding hydrogens is 252 g/mol. The minimum Gasteiger partial charge on any atom is -0.497 e. The molecule has 0 aliphatic rings. The summed E-state index contributed by atoms with van der Waals surface area (Å²) in [6.45, 7) is 0. The summed E-state index contributed by atoms with van der Waals surface area (Å²) in [6.07, 6.45) is 3.53. The molecule has 0 aliphatic heterocycles. The van der Waals surface area contributed by atoms with Gasteiger partial charge in [0.2, 0.25) is 0 Å². The zero-order chi connectivity index (χ0) is 13.9. The molecule has 20 heavy (non-hydrogen) atoms. The van der Waals surface area contributed by atoms with Crippen LogP contribution in [0.1, 0.15) is 0 Å². The number of ether oxygens (including phenoxy) is 1. The highest BCUT2D eigenvalue weighted by Crippen LogP contribution is 2.30. The molecule has 5 heteroatoms. The highest BCUT2D eigenvalue weighted by molar-refractivity contribution is 5.77. The van der Waals surface area contributed by atoms with E-state index in [9.17, 15) is 0 Å². The molecule has 3 rings (SSSR count). The molecule has 0 bridgehead atoms. The molecule has 0 N–H and O–H groups in total. The summed E-state index contributed by atoms with van der Waals surface area (Å²) in [4.78, 5) is 4.04. The molecule has 0 fully saturated rings. The second kappa shape index (κ2) is 5.13. The molecular formula is C15H14N4O. The van der Waals surface area contributed by atoms with Crippen LogP contribution in [0.15, 0.2) is 48.8 Å². The summed E-state index contributed by atoms with van der Waals surface area (Å²) in [7, 11) is 3.54. The summed E-state index contributed by atoms with van der Waals surface area (Å²) in [5.74, 6) is 0.822. The van der Waals surface area contributed by atoms with Crippen molar-refractivity contribution in [1.29, 1.82) is 0 Å². The molecule has 0 aliphatic carbocycles. The Kier molecular flexibility index (Phi) is 3.16. The second-order valence-corrected chi connectivity index (χ2v) is 4.37. The molecule has 0 saturated carbocycles. The molecule has 1 aromatic carbocycles. The minimum absolute atomic E-state index is 0.822. The van der Waals surface area contributed by atoms with E-state index in [-0.39, 0.29) is 0 Å². The number of hydrogen-bond acceptors (Lipinski definition) is 4. The Morgan fingerprint density at radius 3 is 2.30 bits per heavy atom. The van der Waals surface area contributed by atoms with E-state index in [1.165, 1.54) is 0 Å². The maximum absolute atomic E-state index is 5.18. The average Bonchev–Trinajstić information content (AvgIpc) is 2.90. The van der Waals surface area contributed by atoms with Crippen LogP contribution in [0.4, 0.5) is 0 Å². The van der Waals surface area contributed by atoms with Gasteiger partial charge in [-0.05, 0) is 36.4 Å². The average molecular weight is 266 g/mol. The van der Waals surface area contributed by atoms with Crippen molar-refractivity contribution in [2.24, 2.45) is 7.05 Å².